The van der Waals surface area contributed by atoms with Crippen LogP contribution < -0.4 is 5.32 Å². The Morgan fingerprint density at radius 2 is 1.96 bits per heavy atom. The molecular weight excluding hydrogens is 300 g/mol. The van der Waals surface area contributed by atoms with Crippen LogP contribution in [0.5, 0.6) is 0 Å². The lowest BCUT2D eigenvalue weighted by Gasteiger charge is -2.31. The molecule has 3 rings (SSSR count). The molecule has 1 atom stereocenters. The number of carbonyl (C=O) groups excluding carboxylic acids is 2. The van der Waals surface area contributed by atoms with E-state index in [1.54, 1.807) is 0 Å². The van der Waals surface area contributed by atoms with Gasteiger partial charge in [-0.05, 0) is 35.1 Å². The monoisotopic (exact) mass is 324 g/mol. The Balaban J connectivity index is 1.56. The van der Waals surface area contributed by atoms with Gasteiger partial charge >= 0.3 is 0 Å². The van der Waals surface area contributed by atoms with Gasteiger partial charge in [-0.3, -0.25) is 9.59 Å². The number of fused-ring (bicyclic) bond motifs is 1. The third kappa shape index (κ3) is 3.94. The maximum atomic E-state index is 12.2. The van der Waals surface area contributed by atoms with Gasteiger partial charge < -0.3 is 10.2 Å². The van der Waals surface area contributed by atoms with Gasteiger partial charge in [-0.25, -0.2) is 0 Å². The molecule has 2 aromatic rings. The van der Waals surface area contributed by atoms with Gasteiger partial charge in [0.15, 0.2) is 0 Å². The minimum absolute atomic E-state index is 0.0211. The Morgan fingerprint density at radius 3 is 2.79 bits per heavy atom. The van der Waals surface area contributed by atoms with Crippen LogP contribution in [0.3, 0.4) is 0 Å². The molecule has 1 fully saturated rings. The first-order valence-electron chi connectivity index (χ1n) is 8.64. The maximum absolute atomic E-state index is 12.2. The van der Waals surface area contributed by atoms with E-state index >= 15 is 0 Å². The van der Waals surface area contributed by atoms with E-state index in [1.165, 1.54) is 6.42 Å². The van der Waals surface area contributed by atoms with E-state index in [9.17, 15) is 9.59 Å². The third-order valence-electron chi connectivity index (χ3n) is 4.68. The minimum atomic E-state index is -0.107. The summed E-state index contributed by atoms with van der Waals surface area (Å²) in [5.74, 6) is 0.465. The van der Waals surface area contributed by atoms with E-state index in [0.29, 0.717) is 12.3 Å². The quantitative estimate of drug-likeness (QED) is 0.940. The molecule has 0 saturated carbocycles. The van der Waals surface area contributed by atoms with Crippen LogP contribution in [0.4, 0.5) is 0 Å². The van der Waals surface area contributed by atoms with E-state index in [1.807, 2.05) is 47.4 Å². The number of hydrogen-bond acceptors (Lipinski definition) is 2. The summed E-state index contributed by atoms with van der Waals surface area (Å²) in [4.78, 5) is 26.3. The maximum Gasteiger partial charge on any atom is 0.241 e. The minimum Gasteiger partial charge on any atom is -0.347 e. The molecule has 1 heterocycles. The first kappa shape index (κ1) is 16.5. The molecular formula is C20H24N2O2. The van der Waals surface area contributed by atoms with E-state index < -0.39 is 0 Å². The number of likely N-dealkylation sites (tertiary alicyclic amines) is 1. The fourth-order valence-electron chi connectivity index (χ4n) is 3.38. The zero-order valence-electron chi connectivity index (χ0n) is 14.1. The molecule has 2 amide bonds. The van der Waals surface area contributed by atoms with E-state index in [-0.39, 0.29) is 18.4 Å². The van der Waals surface area contributed by atoms with Crippen molar-refractivity contribution in [2.45, 2.75) is 26.2 Å². The molecule has 1 saturated heterocycles. The highest BCUT2D eigenvalue weighted by molar-refractivity contribution is 5.91. The Labute approximate surface area is 142 Å². The summed E-state index contributed by atoms with van der Waals surface area (Å²) in [7, 11) is 0. The molecule has 4 heteroatoms. The van der Waals surface area contributed by atoms with Gasteiger partial charge in [-0.2, -0.15) is 0 Å². The van der Waals surface area contributed by atoms with Crippen molar-refractivity contribution in [2.75, 3.05) is 19.6 Å². The van der Waals surface area contributed by atoms with Crippen molar-refractivity contribution in [3.63, 3.8) is 0 Å². The number of nitrogens with zero attached hydrogens (tertiary/aromatic N) is 1. The van der Waals surface area contributed by atoms with Gasteiger partial charge in [0, 0.05) is 13.1 Å². The highest BCUT2D eigenvalue weighted by atomic mass is 16.2. The van der Waals surface area contributed by atoms with E-state index in [0.717, 1.165) is 35.8 Å². The smallest absolute Gasteiger partial charge is 0.241 e. The predicted molar refractivity (Wildman–Crippen MR) is 95.6 cm³/mol. The van der Waals surface area contributed by atoms with Crippen LogP contribution in [0, 0.1) is 5.92 Å². The molecule has 0 radical (unpaired) electrons. The van der Waals surface area contributed by atoms with Crippen LogP contribution in [0.1, 0.15) is 25.3 Å². The molecule has 1 aliphatic rings. The van der Waals surface area contributed by atoms with Crippen molar-refractivity contribution >= 4 is 22.6 Å². The molecule has 0 aromatic heterocycles. The summed E-state index contributed by atoms with van der Waals surface area (Å²) in [6, 6.07) is 14.0. The van der Waals surface area contributed by atoms with Gasteiger partial charge in [0.2, 0.25) is 11.8 Å². The van der Waals surface area contributed by atoms with Gasteiger partial charge in [0.25, 0.3) is 0 Å². The van der Waals surface area contributed by atoms with Crippen LogP contribution in [-0.2, 0) is 16.0 Å². The Morgan fingerprint density at radius 1 is 1.17 bits per heavy atom. The summed E-state index contributed by atoms with van der Waals surface area (Å²) in [5, 5.41) is 4.99. The number of hydrogen-bond donors (Lipinski definition) is 1. The summed E-state index contributed by atoms with van der Waals surface area (Å²) >= 11 is 0. The SMILES string of the molecule is CC1CCCN(C(=O)CNC(=O)Cc2cccc3ccccc23)C1. The van der Waals surface area contributed by atoms with Gasteiger partial charge in [0.1, 0.15) is 0 Å². The van der Waals surface area contributed by atoms with Crippen LogP contribution in [0.25, 0.3) is 10.8 Å². The highest BCUT2D eigenvalue weighted by Crippen LogP contribution is 2.19. The lowest BCUT2D eigenvalue weighted by Crippen LogP contribution is -2.44. The van der Waals surface area contributed by atoms with Crippen LogP contribution in [0.2, 0.25) is 0 Å². The van der Waals surface area contributed by atoms with Crippen molar-refractivity contribution in [2.24, 2.45) is 5.92 Å². The highest BCUT2D eigenvalue weighted by Gasteiger charge is 2.21. The van der Waals surface area contributed by atoms with Crippen molar-refractivity contribution < 1.29 is 9.59 Å². The number of amides is 2. The van der Waals surface area contributed by atoms with E-state index in [2.05, 4.69) is 12.2 Å². The average Bonchev–Trinajstić information content (AvgIpc) is 2.60. The molecule has 0 aliphatic carbocycles. The zero-order chi connectivity index (χ0) is 16.9. The topological polar surface area (TPSA) is 49.4 Å². The molecule has 126 valence electrons. The predicted octanol–water partition coefficient (Wildman–Crippen LogP) is 2.76. The standard InChI is InChI=1S/C20H24N2O2/c1-15-6-5-11-22(14-15)20(24)13-21-19(23)12-17-9-4-8-16-7-2-3-10-18(16)17/h2-4,7-10,15H,5-6,11-14H2,1H3,(H,21,23). The Bertz CT molecular complexity index is 736. The first-order valence-corrected chi connectivity index (χ1v) is 8.64. The molecule has 1 N–H and O–H groups in total. The molecule has 0 bridgehead atoms. The molecule has 24 heavy (non-hydrogen) atoms. The van der Waals surface area contributed by atoms with Crippen molar-refractivity contribution in [3.05, 3.63) is 48.0 Å². The normalized spacial score (nSPS) is 17.7. The first-order chi connectivity index (χ1) is 11.6. The number of piperidine rings is 1. The van der Waals surface area contributed by atoms with E-state index in [4.69, 9.17) is 0 Å². The van der Waals surface area contributed by atoms with Crippen LogP contribution in [0.15, 0.2) is 42.5 Å². The molecule has 1 aliphatic heterocycles. The second-order valence-corrected chi connectivity index (χ2v) is 6.68. The fourth-order valence-corrected chi connectivity index (χ4v) is 3.38. The Kier molecular flexibility index (Phi) is 5.14. The molecule has 4 nitrogen and oxygen atoms in total. The largest absolute Gasteiger partial charge is 0.347 e. The second-order valence-electron chi connectivity index (χ2n) is 6.68. The summed E-state index contributed by atoms with van der Waals surface area (Å²) < 4.78 is 0. The van der Waals surface area contributed by atoms with Crippen molar-refractivity contribution in [1.82, 2.24) is 10.2 Å². The number of rotatable bonds is 4. The summed E-state index contributed by atoms with van der Waals surface area (Å²) in [6.45, 7) is 3.87. The van der Waals surface area contributed by atoms with Gasteiger partial charge in [-0.1, -0.05) is 49.4 Å². The lowest BCUT2D eigenvalue weighted by molar-refractivity contribution is -0.134. The Hall–Kier alpha value is -2.36. The fraction of sp³-hybridized carbons (Fsp3) is 0.400. The number of nitrogens with one attached hydrogen (secondary N) is 1. The lowest BCUT2D eigenvalue weighted by atomic mass is 10.0. The number of carbonyl (C=O) groups is 2. The zero-order valence-corrected chi connectivity index (χ0v) is 14.1. The van der Waals surface area contributed by atoms with Gasteiger partial charge in [-0.15, -0.1) is 0 Å². The molecule has 1 unspecified atom stereocenters. The van der Waals surface area contributed by atoms with Crippen molar-refractivity contribution in [1.29, 1.82) is 0 Å². The summed E-state index contributed by atoms with van der Waals surface area (Å²) in [6.07, 6.45) is 2.53. The second kappa shape index (κ2) is 7.47. The number of benzene rings is 2. The summed E-state index contributed by atoms with van der Waals surface area (Å²) in [5.41, 5.74) is 0.990. The average molecular weight is 324 g/mol. The molecule has 2 aromatic carbocycles. The third-order valence-corrected chi connectivity index (χ3v) is 4.68. The van der Waals surface area contributed by atoms with Gasteiger partial charge in [0.05, 0.1) is 13.0 Å². The van der Waals surface area contributed by atoms with Crippen LogP contribution >= 0.6 is 0 Å². The van der Waals surface area contributed by atoms with Crippen LogP contribution in [-0.4, -0.2) is 36.3 Å². The van der Waals surface area contributed by atoms with Crippen molar-refractivity contribution in [3.8, 4) is 0 Å². The molecule has 0 spiro atoms.